The highest BCUT2D eigenvalue weighted by atomic mass is 32.1. The van der Waals surface area contributed by atoms with Gasteiger partial charge in [0.25, 0.3) is 0 Å². The Morgan fingerprint density at radius 3 is 2.86 bits per heavy atom. The average Bonchev–Trinajstić information content (AvgIpc) is 3.21. The Balaban J connectivity index is 1.55. The molecule has 2 aromatic heterocycles. The molecule has 28 heavy (non-hydrogen) atoms. The van der Waals surface area contributed by atoms with Crippen LogP contribution in [0, 0.1) is 5.92 Å². The number of imidazole rings is 1. The van der Waals surface area contributed by atoms with Crippen LogP contribution in [0.5, 0.6) is 5.75 Å². The van der Waals surface area contributed by atoms with Crippen molar-refractivity contribution in [3.05, 3.63) is 30.5 Å². The third kappa shape index (κ3) is 4.22. The molecule has 10 heteroatoms. The molecule has 3 heterocycles. The zero-order chi connectivity index (χ0) is 19.7. The lowest BCUT2D eigenvalue weighted by molar-refractivity contribution is -0.274. The Morgan fingerprint density at radius 2 is 2.11 bits per heavy atom. The van der Waals surface area contributed by atoms with Crippen LogP contribution in [0.1, 0.15) is 19.8 Å². The molecule has 0 saturated carbocycles. The van der Waals surface area contributed by atoms with Crippen molar-refractivity contribution in [2.24, 2.45) is 5.92 Å². The van der Waals surface area contributed by atoms with E-state index < -0.39 is 6.36 Å². The number of ether oxygens (including phenoxy) is 1. The molecule has 1 unspecified atom stereocenters. The van der Waals surface area contributed by atoms with Gasteiger partial charge in [-0.1, -0.05) is 23.5 Å². The topological polar surface area (TPSA) is 63.5 Å². The van der Waals surface area contributed by atoms with Crippen LogP contribution in [0.2, 0.25) is 0 Å². The summed E-state index contributed by atoms with van der Waals surface area (Å²) in [6.07, 6.45) is -0.888. The molecule has 4 rings (SSSR count). The molecule has 1 aliphatic rings. The molecule has 6 nitrogen and oxygen atoms in total. The molecule has 2 N–H and O–H groups in total. The molecule has 0 amide bonds. The van der Waals surface area contributed by atoms with Gasteiger partial charge in [-0.25, -0.2) is 9.50 Å². The van der Waals surface area contributed by atoms with Gasteiger partial charge in [-0.15, -0.1) is 18.3 Å². The number of anilines is 1. The van der Waals surface area contributed by atoms with Crippen molar-refractivity contribution >= 4 is 21.4 Å². The van der Waals surface area contributed by atoms with Gasteiger partial charge < -0.3 is 15.4 Å². The summed E-state index contributed by atoms with van der Waals surface area (Å²) in [6, 6.07) is 6.10. The van der Waals surface area contributed by atoms with Crippen molar-refractivity contribution in [2.45, 2.75) is 32.2 Å². The molecule has 1 atom stereocenters. The number of halogens is 3. The van der Waals surface area contributed by atoms with Crippen molar-refractivity contribution in [1.29, 1.82) is 0 Å². The predicted molar refractivity (Wildman–Crippen MR) is 102 cm³/mol. The quantitative estimate of drug-likeness (QED) is 0.660. The average molecular weight is 411 g/mol. The minimum Gasteiger partial charge on any atom is -0.406 e. The highest BCUT2D eigenvalue weighted by Gasteiger charge is 2.31. The third-order valence-electron chi connectivity index (χ3n) is 4.89. The van der Waals surface area contributed by atoms with Crippen LogP contribution in [0.4, 0.5) is 18.3 Å². The Kier molecular flexibility index (Phi) is 5.15. The molecule has 0 radical (unpaired) electrons. The van der Waals surface area contributed by atoms with Gasteiger partial charge in [0, 0.05) is 11.6 Å². The highest BCUT2D eigenvalue weighted by molar-refractivity contribution is 7.20. The van der Waals surface area contributed by atoms with E-state index in [1.165, 1.54) is 29.5 Å². The maximum atomic E-state index is 12.5. The Hall–Kier alpha value is -2.33. The van der Waals surface area contributed by atoms with Gasteiger partial charge in [-0.05, 0) is 50.9 Å². The molecule has 0 bridgehead atoms. The monoisotopic (exact) mass is 411 g/mol. The number of fused-ring (bicyclic) bond motifs is 1. The summed E-state index contributed by atoms with van der Waals surface area (Å²) in [5.74, 6) is 0.307. The van der Waals surface area contributed by atoms with Crippen molar-refractivity contribution in [2.75, 3.05) is 18.4 Å². The lowest BCUT2D eigenvalue weighted by atomic mass is 9.91. The minimum absolute atomic E-state index is 0.270. The summed E-state index contributed by atoms with van der Waals surface area (Å²) >= 11 is 1.42. The Labute approximate surface area is 163 Å². The van der Waals surface area contributed by atoms with Crippen molar-refractivity contribution in [3.8, 4) is 17.0 Å². The summed E-state index contributed by atoms with van der Waals surface area (Å²) < 4.78 is 43.1. The van der Waals surface area contributed by atoms with Crippen LogP contribution in [0.25, 0.3) is 16.2 Å². The van der Waals surface area contributed by atoms with Crippen LogP contribution in [-0.4, -0.2) is 40.1 Å². The lowest BCUT2D eigenvalue weighted by Gasteiger charge is -2.28. The first-order valence-corrected chi connectivity index (χ1v) is 9.89. The molecule has 0 aliphatic carbocycles. The van der Waals surface area contributed by atoms with Crippen molar-refractivity contribution in [3.63, 3.8) is 0 Å². The third-order valence-corrected chi connectivity index (χ3v) is 5.74. The summed E-state index contributed by atoms with van der Waals surface area (Å²) in [6.45, 7) is 4.20. The van der Waals surface area contributed by atoms with Gasteiger partial charge in [0.1, 0.15) is 5.75 Å². The molecule has 3 aromatic rings. The van der Waals surface area contributed by atoms with Crippen LogP contribution in [0.3, 0.4) is 0 Å². The second kappa shape index (κ2) is 7.59. The van der Waals surface area contributed by atoms with Gasteiger partial charge in [-0.2, -0.15) is 0 Å². The van der Waals surface area contributed by atoms with Crippen LogP contribution in [0.15, 0.2) is 30.5 Å². The van der Waals surface area contributed by atoms with Crippen LogP contribution in [-0.2, 0) is 0 Å². The largest absolute Gasteiger partial charge is 0.573 e. The summed E-state index contributed by atoms with van der Waals surface area (Å²) in [4.78, 5) is 5.02. The number of nitrogens with zero attached hydrogens (tertiary/aromatic N) is 3. The molecule has 1 fully saturated rings. The molecular weight excluding hydrogens is 391 g/mol. The van der Waals surface area contributed by atoms with Gasteiger partial charge in [-0.3, -0.25) is 0 Å². The first-order valence-electron chi connectivity index (χ1n) is 9.07. The van der Waals surface area contributed by atoms with Gasteiger partial charge in [0.15, 0.2) is 0 Å². The van der Waals surface area contributed by atoms with E-state index in [1.807, 2.05) is 0 Å². The number of benzene rings is 1. The van der Waals surface area contributed by atoms with Gasteiger partial charge >= 0.3 is 6.36 Å². The zero-order valence-corrected chi connectivity index (χ0v) is 16.0. The Morgan fingerprint density at radius 1 is 1.32 bits per heavy atom. The maximum absolute atomic E-state index is 12.5. The summed E-state index contributed by atoms with van der Waals surface area (Å²) in [5.41, 5.74) is 1.17. The van der Waals surface area contributed by atoms with Gasteiger partial charge in [0.2, 0.25) is 10.1 Å². The normalized spacial score (nSPS) is 17.0. The van der Waals surface area contributed by atoms with Gasteiger partial charge in [0.05, 0.1) is 11.9 Å². The molecular formula is C18H20F3N5OS. The Bertz CT molecular complexity index is 948. The summed E-state index contributed by atoms with van der Waals surface area (Å²) in [7, 11) is 0. The maximum Gasteiger partial charge on any atom is 0.573 e. The first-order chi connectivity index (χ1) is 13.4. The lowest BCUT2D eigenvalue weighted by Crippen LogP contribution is -2.36. The van der Waals surface area contributed by atoms with Crippen LogP contribution >= 0.6 is 11.3 Å². The van der Waals surface area contributed by atoms with E-state index in [-0.39, 0.29) is 11.8 Å². The van der Waals surface area contributed by atoms with E-state index in [0.717, 1.165) is 31.1 Å². The summed E-state index contributed by atoms with van der Waals surface area (Å²) in [5, 5.41) is 12.1. The van der Waals surface area contributed by atoms with E-state index in [0.29, 0.717) is 22.1 Å². The van der Waals surface area contributed by atoms with Crippen molar-refractivity contribution < 1.29 is 17.9 Å². The number of hydrogen-bond acceptors (Lipinski definition) is 6. The molecule has 1 saturated heterocycles. The van der Waals surface area contributed by atoms with E-state index in [4.69, 9.17) is 0 Å². The van der Waals surface area contributed by atoms with E-state index >= 15 is 0 Å². The number of hydrogen-bond donors (Lipinski definition) is 2. The molecule has 1 aliphatic heterocycles. The first kappa shape index (κ1) is 19.0. The van der Waals surface area contributed by atoms with E-state index in [2.05, 4.69) is 32.4 Å². The smallest absolute Gasteiger partial charge is 0.406 e. The number of piperidine rings is 1. The molecule has 0 spiro atoms. The standard InChI is InChI=1S/C18H20F3N5OS/c1-11(12-5-7-22-8-6-12)24-16-25-26-15(10-23-17(26)28-16)13-3-2-4-14(9-13)27-18(19,20)21/h2-4,9-12,22H,5-8H2,1H3,(H,24,25). The number of nitrogens with one attached hydrogen (secondary N) is 2. The SMILES string of the molecule is CC(Nc1nn2c(-c3cccc(OC(F)(F)F)c3)cnc2s1)C1CCNCC1. The molecule has 1 aromatic carbocycles. The zero-order valence-electron chi connectivity index (χ0n) is 15.2. The second-order valence-corrected chi connectivity index (χ2v) is 7.80. The predicted octanol–water partition coefficient (Wildman–Crippen LogP) is 4.16. The number of rotatable bonds is 5. The highest BCUT2D eigenvalue weighted by Crippen LogP contribution is 2.31. The number of aromatic nitrogens is 3. The van der Waals surface area contributed by atoms with Crippen molar-refractivity contribution in [1.82, 2.24) is 19.9 Å². The minimum atomic E-state index is -4.73. The fraction of sp³-hybridized carbons (Fsp3) is 0.444. The van der Waals surface area contributed by atoms with Crippen LogP contribution < -0.4 is 15.4 Å². The second-order valence-electron chi connectivity index (χ2n) is 6.84. The fourth-order valence-corrected chi connectivity index (χ4v) is 4.33. The number of alkyl halides is 3. The van der Waals surface area contributed by atoms with E-state index in [1.54, 1.807) is 16.8 Å². The molecule has 150 valence electrons. The fourth-order valence-electron chi connectivity index (χ4n) is 3.46. The van der Waals surface area contributed by atoms with E-state index in [9.17, 15) is 13.2 Å².